The fourth-order valence-electron chi connectivity index (χ4n) is 2.16. The summed E-state index contributed by atoms with van der Waals surface area (Å²) in [5.74, 6) is -1.37. The quantitative estimate of drug-likeness (QED) is 0.646. The molecule has 21 heavy (non-hydrogen) atoms. The van der Waals surface area contributed by atoms with Crippen LogP contribution in [0.2, 0.25) is 0 Å². The van der Waals surface area contributed by atoms with Gasteiger partial charge >= 0.3 is 0 Å². The maximum atomic E-state index is 12.1. The Morgan fingerprint density at radius 2 is 2.19 bits per heavy atom. The first-order valence-electron chi connectivity index (χ1n) is 6.35. The van der Waals surface area contributed by atoms with Gasteiger partial charge < -0.3 is 0 Å². The number of nitrogens with zero attached hydrogens (tertiary/aromatic N) is 2. The van der Waals surface area contributed by atoms with E-state index in [1.165, 1.54) is 11.3 Å². The first-order valence-corrected chi connectivity index (χ1v) is 7.23. The van der Waals surface area contributed by atoms with E-state index in [9.17, 15) is 9.59 Å². The summed E-state index contributed by atoms with van der Waals surface area (Å²) < 4.78 is 0. The van der Waals surface area contributed by atoms with Gasteiger partial charge in [0.15, 0.2) is 0 Å². The van der Waals surface area contributed by atoms with Crippen LogP contribution in [0.3, 0.4) is 0 Å². The second-order valence-corrected chi connectivity index (χ2v) is 5.49. The van der Waals surface area contributed by atoms with Crippen LogP contribution < -0.4 is 10.9 Å². The van der Waals surface area contributed by atoms with Crippen LogP contribution in [-0.4, -0.2) is 23.7 Å². The van der Waals surface area contributed by atoms with Gasteiger partial charge in [-0.15, -0.1) is 11.3 Å². The smallest absolute Gasteiger partial charge is 0.272 e. The molecule has 106 valence electrons. The van der Waals surface area contributed by atoms with Crippen molar-refractivity contribution in [3.8, 4) is 0 Å². The number of allylic oxidation sites excluding steroid dienone is 3. The molecule has 2 N–H and O–H groups in total. The molecular weight excluding hydrogens is 288 g/mol. The number of hydrogen-bond acceptors (Lipinski definition) is 5. The third-order valence-electron chi connectivity index (χ3n) is 3.17. The molecule has 7 heteroatoms. The van der Waals surface area contributed by atoms with Crippen molar-refractivity contribution in [2.75, 3.05) is 0 Å². The molecule has 1 aromatic heterocycles. The van der Waals surface area contributed by atoms with E-state index in [1.54, 1.807) is 30.5 Å². The van der Waals surface area contributed by atoms with Crippen molar-refractivity contribution in [1.29, 1.82) is 0 Å². The van der Waals surface area contributed by atoms with Crippen LogP contribution in [0.1, 0.15) is 4.88 Å². The lowest BCUT2D eigenvalue weighted by Crippen LogP contribution is -2.46. The van der Waals surface area contributed by atoms with E-state index in [0.29, 0.717) is 0 Å². The van der Waals surface area contributed by atoms with Crippen LogP contribution in [-0.2, 0) is 9.59 Å². The summed E-state index contributed by atoms with van der Waals surface area (Å²) in [7, 11) is 0. The molecule has 3 rings (SSSR count). The van der Waals surface area contributed by atoms with Gasteiger partial charge in [0.2, 0.25) is 5.91 Å². The van der Waals surface area contributed by atoms with Crippen molar-refractivity contribution in [3.63, 3.8) is 0 Å². The normalized spacial score (nSPS) is 23.6. The Balaban J connectivity index is 1.71. The van der Waals surface area contributed by atoms with Gasteiger partial charge in [-0.05, 0) is 11.4 Å². The van der Waals surface area contributed by atoms with E-state index in [0.717, 1.165) is 4.88 Å². The number of nitrogens with one attached hydrogen (secondary N) is 2. The highest BCUT2D eigenvalue weighted by Gasteiger charge is 2.36. The number of hydrogen-bond donors (Lipinski definition) is 2. The molecule has 1 aliphatic heterocycles. The van der Waals surface area contributed by atoms with E-state index in [1.807, 2.05) is 17.5 Å². The molecule has 0 fully saturated rings. The van der Waals surface area contributed by atoms with Crippen LogP contribution in [0.15, 0.2) is 52.0 Å². The highest BCUT2D eigenvalue weighted by atomic mass is 32.1. The number of amides is 2. The number of fused-ring (bicyclic) bond motifs is 1. The molecule has 0 saturated carbocycles. The first-order chi connectivity index (χ1) is 10.3. The zero-order valence-corrected chi connectivity index (χ0v) is 11.7. The van der Waals surface area contributed by atoms with E-state index >= 15 is 0 Å². The van der Waals surface area contributed by atoms with E-state index < -0.39 is 11.8 Å². The number of thiophene rings is 1. The SMILES string of the molecule is O=C(N/N=C/c1cccs1)C1=NNC(=O)[C@@H]2C=CC=C[C@@H]12. The van der Waals surface area contributed by atoms with Gasteiger partial charge in [-0.2, -0.15) is 10.2 Å². The Labute approximate surface area is 124 Å². The van der Waals surface area contributed by atoms with Gasteiger partial charge in [-0.3, -0.25) is 9.59 Å². The Morgan fingerprint density at radius 3 is 2.95 bits per heavy atom. The molecule has 0 aromatic carbocycles. The molecule has 0 saturated heterocycles. The predicted molar refractivity (Wildman–Crippen MR) is 80.9 cm³/mol. The lowest BCUT2D eigenvalue weighted by atomic mass is 9.83. The zero-order chi connectivity index (χ0) is 14.7. The third kappa shape index (κ3) is 2.82. The fourth-order valence-corrected chi connectivity index (χ4v) is 2.75. The molecule has 2 atom stereocenters. The highest BCUT2D eigenvalue weighted by molar-refractivity contribution is 7.11. The standard InChI is InChI=1S/C14H12N4O2S/c19-13-11-6-2-1-5-10(11)12(16-18-13)14(20)17-15-8-9-4-3-7-21-9/h1-8,10-11H,(H,17,20)(H,18,19)/b15-8+/t10-,11-/m1/s1. The van der Waals surface area contributed by atoms with Crippen molar-refractivity contribution in [2.45, 2.75) is 0 Å². The van der Waals surface area contributed by atoms with Gasteiger partial charge in [0.1, 0.15) is 5.71 Å². The summed E-state index contributed by atoms with van der Waals surface area (Å²) in [6.07, 6.45) is 8.72. The largest absolute Gasteiger partial charge is 0.288 e. The summed E-state index contributed by atoms with van der Waals surface area (Å²) in [5.41, 5.74) is 5.06. The predicted octanol–water partition coefficient (Wildman–Crippen LogP) is 1.04. The summed E-state index contributed by atoms with van der Waals surface area (Å²) >= 11 is 1.52. The Kier molecular flexibility index (Phi) is 3.74. The van der Waals surface area contributed by atoms with Crippen molar-refractivity contribution in [1.82, 2.24) is 10.9 Å². The molecule has 0 spiro atoms. The van der Waals surface area contributed by atoms with E-state index in [4.69, 9.17) is 0 Å². The number of hydrazone groups is 2. The average molecular weight is 300 g/mol. The fraction of sp³-hybridized carbons (Fsp3) is 0.143. The topological polar surface area (TPSA) is 82.9 Å². The van der Waals surface area contributed by atoms with Gasteiger partial charge in [-0.1, -0.05) is 30.4 Å². The Hall–Kier alpha value is -2.54. The van der Waals surface area contributed by atoms with Crippen LogP contribution >= 0.6 is 11.3 Å². The van der Waals surface area contributed by atoms with Gasteiger partial charge in [0, 0.05) is 10.8 Å². The first kappa shape index (κ1) is 13.4. The minimum absolute atomic E-state index is 0.209. The van der Waals surface area contributed by atoms with Crippen LogP contribution in [0.25, 0.3) is 0 Å². The maximum absolute atomic E-state index is 12.1. The summed E-state index contributed by atoms with van der Waals surface area (Å²) in [6.45, 7) is 0. The summed E-state index contributed by atoms with van der Waals surface area (Å²) in [5, 5.41) is 9.68. The van der Waals surface area contributed by atoms with E-state index in [-0.39, 0.29) is 17.5 Å². The Bertz CT molecular complexity index is 673. The molecule has 0 bridgehead atoms. The van der Waals surface area contributed by atoms with Crippen LogP contribution in [0.5, 0.6) is 0 Å². The van der Waals surface area contributed by atoms with Gasteiger partial charge in [0.25, 0.3) is 5.91 Å². The minimum Gasteiger partial charge on any atom is -0.272 e. The van der Waals surface area contributed by atoms with Crippen molar-refractivity contribution < 1.29 is 9.59 Å². The molecule has 6 nitrogen and oxygen atoms in total. The zero-order valence-electron chi connectivity index (χ0n) is 10.9. The third-order valence-corrected chi connectivity index (χ3v) is 3.98. The second kappa shape index (κ2) is 5.84. The highest BCUT2D eigenvalue weighted by Crippen LogP contribution is 2.24. The lowest BCUT2D eigenvalue weighted by molar-refractivity contribution is -0.124. The maximum Gasteiger partial charge on any atom is 0.288 e. The lowest BCUT2D eigenvalue weighted by Gasteiger charge is -2.26. The average Bonchev–Trinajstić information content (AvgIpc) is 3.01. The summed E-state index contributed by atoms with van der Waals surface area (Å²) in [6, 6.07) is 3.79. The molecule has 2 heterocycles. The monoisotopic (exact) mass is 300 g/mol. The second-order valence-electron chi connectivity index (χ2n) is 4.51. The minimum atomic E-state index is -0.419. The van der Waals surface area contributed by atoms with Crippen LogP contribution in [0.4, 0.5) is 0 Å². The molecule has 1 aliphatic carbocycles. The molecule has 0 radical (unpaired) electrons. The van der Waals surface area contributed by atoms with Crippen LogP contribution in [0, 0.1) is 11.8 Å². The van der Waals surface area contributed by atoms with Gasteiger partial charge in [-0.25, -0.2) is 10.9 Å². The van der Waals surface area contributed by atoms with Crippen molar-refractivity contribution in [3.05, 3.63) is 46.7 Å². The van der Waals surface area contributed by atoms with E-state index in [2.05, 4.69) is 21.1 Å². The van der Waals surface area contributed by atoms with Crippen molar-refractivity contribution >= 4 is 35.1 Å². The van der Waals surface area contributed by atoms with Gasteiger partial charge in [0.05, 0.1) is 12.1 Å². The molecule has 2 amide bonds. The molecule has 1 aromatic rings. The molecule has 2 aliphatic rings. The Morgan fingerprint density at radius 1 is 1.38 bits per heavy atom. The number of carbonyl (C=O) groups excluding carboxylic acids is 2. The summed E-state index contributed by atoms with van der Waals surface area (Å²) in [4.78, 5) is 24.8. The molecule has 0 unspecified atom stereocenters. The number of rotatable bonds is 3. The molecular formula is C14H12N4O2S. The number of carbonyl (C=O) groups is 2. The van der Waals surface area contributed by atoms with Crippen molar-refractivity contribution in [2.24, 2.45) is 22.0 Å².